The molecule has 0 aromatic carbocycles. The molecule has 1 unspecified atom stereocenters. The summed E-state index contributed by atoms with van der Waals surface area (Å²) in [7, 11) is 1.67. The number of amides is 2. The molecule has 1 aliphatic heterocycles. The van der Waals surface area contributed by atoms with E-state index in [1.165, 1.54) is 17.7 Å². The zero-order valence-electron chi connectivity index (χ0n) is 12.7. The largest absolute Gasteiger partial charge is 0.394 e. The smallest absolute Gasteiger partial charge is 0.317 e. The predicted octanol–water partition coefficient (Wildman–Crippen LogP) is 1.20. The van der Waals surface area contributed by atoms with Gasteiger partial charge in [0.25, 0.3) is 0 Å². The molecule has 2 amide bonds. The molecule has 6 heteroatoms. The van der Waals surface area contributed by atoms with Crippen LogP contribution < -0.4 is 10.2 Å². The van der Waals surface area contributed by atoms with E-state index >= 15 is 0 Å². The zero-order valence-corrected chi connectivity index (χ0v) is 12.7. The Morgan fingerprint density at radius 2 is 2.19 bits per heavy atom. The zero-order chi connectivity index (χ0) is 15.2. The summed E-state index contributed by atoms with van der Waals surface area (Å²) in [5, 5.41) is 11.9. The number of nitrogens with one attached hydrogen (secondary N) is 1. The molecule has 1 aromatic heterocycles. The van der Waals surface area contributed by atoms with Crippen molar-refractivity contribution in [3.8, 4) is 0 Å². The molecule has 2 rings (SSSR count). The lowest BCUT2D eigenvalue weighted by molar-refractivity contribution is 0.157. The van der Waals surface area contributed by atoms with Crippen LogP contribution in [-0.2, 0) is 6.54 Å². The maximum atomic E-state index is 11.9. The van der Waals surface area contributed by atoms with E-state index in [1.54, 1.807) is 14.0 Å². The maximum absolute atomic E-state index is 11.9. The number of aliphatic hydroxyl groups is 1. The Balaban J connectivity index is 1.84. The van der Waals surface area contributed by atoms with Crippen LogP contribution in [0.15, 0.2) is 18.3 Å². The first kappa shape index (κ1) is 15.6. The van der Waals surface area contributed by atoms with Crippen molar-refractivity contribution in [3.05, 3.63) is 23.9 Å². The molecule has 1 atom stereocenters. The van der Waals surface area contributed by atoms with E-state index in [9.17, 15) is 4.79 Å². The molecule has 1 saturated heterocycles. The lowest BCUT2D eigenvalue weighted by Gasteiger charge is -2.23. The number of carbonyl (C=O) groups excluding carboxylic acids is 1. The Morgan fingerprint density at radius 3 is 2.76 bits per heavy atom. The summed E-state index contributed by atoms with van der Waals surface area (Å²) in [6, 6.07) is 3.62. The number of rotatable bonds is 5. The summed E-state index contributed by atoms with van der Waals surface area (Å²) in [5.41, 5.74) is 0.969. The van der Waals surface area contributed by atoms with Crippen molar-refractivity contribution in [2.24, 2.45) is 0 Å². The number of likely N-dealkylation sites (N-methyl/N-ethyl adjacent to an activating group) is 1. The van der Waals surface area contributed by atoms with Crippen molar-refractivity contribution < 1.29 is 9.90 Å². The Labute approximate surface area is 125 Å². The average Bonchev–Trinajstić information content (AvgIpc) is 3.06. The van der Waals surface area contributed by atoms with Crippen molar-refractivity contribution in [1.82, 2.24) is 15.2 Å². The topological polar surface area (TPSA) is 68.7 Å². The average molecular weight is 292 g/mol. The highest BCUT2D eigenvalue weighted by molar-refractivity contribution is 5.74. The van der Waals surface area contributed by atoms with Gasteiger partial charge in [0.15, 0.2) is 0 Å². The third kappa shape index (κ3) is 4.07. The summed E-state index contributed by atoms with van der Waals surface area (Å²) in [6.07, 6.45) is 4.27. The molecule has 0 saturated carbocycles. The molecule has 1 aliphatic rings. The number of carbonyl (C=O) groups is 1. The van der Waals surface area contributed by atoms with Crippen LogP contribution in [0.1, 0.15) is 25.3 Å². The third-order valence-corrected chi connectivity index (χ3v) is 3.93. The molecule has 2 N–H and O–H groups in total. The number of anilines is 1. The van der Waals surface area contributed by atoms with Crippen LogP contribution in [0.2, 0.25) is 0 Å². The third-order valence-electron chi connectivity index (χ3n) is 3.93. The van der Waals surface area contributed by atoms with Crippen molar-refractivity contribution in [1.29, 1.82) is 0 Å². The van der Waals surface area contributed by atoms with Crippen molar-refractivity contribution >= 4 is 11.8 Å². The molecule has 6 nitrogen and oxygen atoms in total. The number of urea groups is 1. The van der Waals surface area contributed by atoms with Crippen LogP contribution in [0.4, 0.5) is 10.6 Å². The van der Waals surface area contributed by atoms with E-state index in [4.69, 9.17) is 5.11 Å². The fourth-order valence-electron chi connectivity index (χ4n) is 2.28. The molecule has 0 radical (unpaired) electrons. The van der Waals surface area contributed by atoms with Gasteiger partial charge in [0.05, 0.1) is 12.6 Å². The van der Waals surface area contributed by atoms with E-state index in [2.05, 4.69) is 15.2 Å². The number of nitrogens with zero attached hydrogens (tertiary/aromatic N) is 3. The minimum atomic E-state index is -0.194. The monoisotopic (exact) mass is 292 g/mol. The maximum Gasteiger partial charge on any atom is 0.317 e. The van der Waals surface area contributed by atoms with Gasteiger partial charge in [0, 0.05) is 32.9 Å². The van der Waals surface area contributed by atoms with Gasteiger partial charge in [-0.2, -0.15) is 0 Å². The SMILES string of the molecule is CC(CO)N(C)C(=O)NCc1ccc(N2CCCC2)nc1. The van der Waals surface area contributed by atoms with Crippen LogP contribution in [0.3, 0.4) is 0 Å². The van der Waals surface area contributed by atoms with Crippen LogP contribution in [-0.4, -0.2) is 53.8 Å². The summed E-state index contributed by atoms with van der Waals surface area (Å²) in [5.74, 6) is 1.01. The Morgan fingerprint density at radius 1 is 1.48 bits per heavy atom. The fourth-order valence-corrected chi connectivity index (χ4v) is 2.28. The van der Waals surface area contributed by atoms with Crippen molar-refractivity contribution in [2.45, 2.75) is 32.4 Å². The molecule has 21 heavy (non-hydrogen) atoms. The molecule has 2 heterocycles. The predicted molar refractivity (Wildman–Crippen MR) is 82.2 cm³/mol. The van der Waals surface area contributed by atoms with Gasteiger partial charge in [0.1, 0.15) is 5.82 Å². The number of pyridine rings is 1. The number of hydrogen-bond acceptors (Lipinski definition) is 4. The van der Waals surface area contributed by atoms with Gasteiger partial charge in [-0.1, -0.05) is 6.07 Å². The quantitative estimate of drug-likeness (QED) is 0.856. The first-order chi connectivity index (χ1) is 10.1. The first-order valence-electron chi connectivity index (χ1n) is 7.43. The van der Waals surface area contributed by atoms with E-state index in [0.717, 1.165) is 24.5 Å². The number of hydrogen-bond donors (Lipinski definition) is 2. The van der Waals surface area contributed by atoms with E-state index in [0.29, 0.717) is 6.54 Å². The highest BCUT2D eigenvalue weighted by Crippen LogP contribution is 2.17. The lowest BCUT2D eigenvalue weighted by atomic mass is 10.2. The second-order valence-corrected chi connectivity index (χ2v) is 5.52. The van der Waals surface area contributed by atoms with E-state index < -0.39 is 0 Å². The van der Waals surface area contributed by atoms with Crippen molar-refractivity contribution in [3.63, 3.8) is 0 Å². The summed E-state index contributed by atoms with van der Waals surface area (Å²) in [6.45, 7) is 4.34. The Bertz CT molecular complexity index is 457. The second-order valence-electron chi connectivity index (χ2n) is 5.52. The Hall–Kier alpha value is -1.82. The standard InChI is InChI=1S/C15H24N4O2/c1-12(11-20)18(2)15(21)17-10-13-5-6-14(16-9-13)19-7-3-4-8-19/h5-6,9,12,20H,3-4,7-8,10-11H2,1-2H3,(H,17,21). The molecule has 0 aliphatic carbocycles. The van der Waals surface area contributed by atoms with Gasteiger partial charge >= 0.3 is 6.03 Å². The summed E-state index contributed by atoms with van der Waals surface area (Å²) >= 11 is 0. The lowest BCUT2D eigenvalue weighted by Crippen LogP contribution is -2.43. The highest BCUT2D eigenvalue weighted by Gasteiger charge is 2.15. The minimum Gasteiger partial charge on any atom is -0.394 e. The minimum absolute atomic E-state index is 0.0456. The first-order valence-corrected chi connectivity index (χ1v) is 7.43. The molecule has 0 bridgehead atoms. The van der Waals surface area contributed by atoms with Gasteiger partial charge in [0.2, 0.25) is 0 Å². The molecule has 1 fully saturated rings. The summed E-state index contributed by atoms with van der Waals surface area (Å²) < 4.78 is 0. The summed E-state index contributed by atoms with van der Waals surface area (Å²) in [4.78, 5) is 20.1. The van der Waals surface area contributed by atoms with E-state index in [-0.39, 0.29) is 18.7 Å². The van der Waals surface area contributed by atoms with Crippen LogP contribution >= 0.6 is 0 Å². The van der Waals surface area contributed by atoms with Crippen LogP contribution in [0.25, 0.3) is 0 Å². The second kappa shape index (κ2) is 7.26. The fraction of sp³-hybridized carbons (Fsp3) is 0.600. The molecule has 0 spiro atoms. The Kier molecular flexibility index (Phi) is 5.38. The van der Waals surface area contributed by atoms with E-state index in [1.807, 2.05) is 18.3 Å². The molecule has 1 aromatic rings. The number of aliphatic hydroxyl groups excluding tert-OH is 1. The number of aromatic nitrogens is 1. The normalized spacial score (nSPS) is 15.9. The van der Waals surface area contributed by atoms with Gasteiger partial charge in [-0.3, -0.25) is 0 Å². The molecular formula is C15H24N4O2. The van der Waals surface area contributed by atoms with Crippen molar-refractivity contribution in [2.75, 3.05) is 31.6 Å². The van der Waals surface area contributed by atoms with Gasteiger partial charge in [-0.05, 0) is 31.4 Å². The molecule has 116 valence electrons. The molecular weight excluding hydrogens is 268 g/mol. The van der Waals surface area contributed by atoms with Crippen LogP contribution in [0.5, 0.6) is 0 Å². The van der Waals surface area contributed by atoms with Gasteiger partial charge < -0.3 is 20.2 Å². The van der Waals surface area contributed by atoms with Crippen LogP contribution in [0, 0.1) is 0 Å². The highest BCUT2D eigenvalue weighted by atomic mass is 16.3. The van der Waals surface area contributed by atoms with Gasteiger partial charge in [-0.15, -0.1) is 0 Å². The van der Waals surface area contributed by atoms with Gasteiger partial charge in [-0.25, -0.2) is 9.78 Å².